The van der Waals surface area contributed by atoms with Gasteiger partial charge < -0.3 is 18.9 Å². The third-order valence-corrected chi connectivity index (χ3v) is 4.31. The molecule has 0 saturated heterocycles. The minimum atomic E-state index is -0.469. The highest BCUT2D eigenvalue weighted by molar-refractivity contribution is 5.87. The molecule has 1 amide bonds. The third-order valence-electron chi connectivity index (χ3n) is 4.31. The van der Waals surface area contributed by atoms with Crippen LogP contribution in [-0.4, -0.2) is 31.8 Å². The topological polar surface area (TPSA) is 95.5 Å². The van der Waals surface area contributed by atoms with Gasteiger partial charge in [0, 0.05) is 12.5 Å². The van der Waals surface area contributed by atoms with Gasteiger partial charge in [-0.05, 0) is 48.0 Å². The number of hydrazone groups is 1. The first-order valence-corrected chi connectivity index (χ1v) is 10.1. The minimum Gasteiger partial charge on any atom is -0.497 e. The summed E-state index contributed by atoms with van der Waals surface area (Å²) >= 11 is 0. The van der Waals surface area contributed by atoms with E-state index in [9.17, 15) is 9.59 Å². The van der Waals surface area contributed by atoms with E-state index in [-0.39, 0.29) is 6.61 Å². The molecular formula is C25H24N2O6. The summed E-state index contributed by atoms with van der Waals surface area (Å²) in [6.07, 6.45) is 1.36. The number of esters is 1. The Balaban J connectivity index is 1.47. The van der Waals surface area contributed by atoms with Gasteiger partial charge in [-0.25, -0.2) is 5.43 Å². The van der Waals surface area contributed by atoms with Crippen LogP contribution in [0, 0.1) is 0 Å². The number of carbonyl (C=O) groups is 2. The van der Waals surface area contributed by atoms with E-state index in [1.807, 2.05) is 30.3 Å². The van der Waals surface area contributed by atoms with Gasteiger partial charge in [-0.15, -0.1) is 0 Å². The van der Waals surface area contributed by atoms with Crippen molar-refractivity contribution in [1.82, 2.24) is 5.43 Å². The minimum absolute atomic E-state index is 0.226. The number of benzene rings is 3. The molecule has 0 aliphatic carbocycles. The van der Waals surface area contributed by atoms with E-state index in [4.69, 9.17) is 18.9 Å². The second kappa shape index (κ2) is 11.9. The molecule has 0 heterocycles. The first-order chi connectivity index (χ1) is 16.0. The van der Waals surface area contributed by atoms with Gasteiger partial charge in [0.05, 0.1) is 13.3 Å². The lowest BCUT2D eigenvalue weighted by atomic mass is 10.2. The molecule has 0 bridgehead atoms. The largest absolute Gasteiger partial charge is 0.497 e. The van der Waals surface area contributed by atoms with Gasteiger partial charge in [0.2, 0.25) is 0 Å². The smallest absolute Gasteiger partial charge is 0.308 e. The second-order valence-electron chi connectivity index (χ2n) is 6.82. The Labute approximate surface area is 191 Å². The monoisotopic (exact) mass is 448 g/mol. The first kappa shape index (κ1) is 23.3. The molecule has 3 rings (SSSR count). The highest BCUT2D eigenvalue weighted by Gasteiger charge is 2.07. The summed E-state index contributed by atoms with van der Waals surface area (Å²) in [5.74, 6) is 1.15. The van der Waals surface area contributed by atoms with Gasteiger partial charge in [0.1, 0.15) is 29.6 Å². The molecule has 0 aliphatic heterocycles. The van der Waals surface area contributed by atoms with Crippen molar-refractivity contribution in [3.05, 3.63) is 83.9 Å². The molecule has 0 unspecified atom stereocenters. The number of hydrogen-bond acceptors (Lipinski definition) is 7. The fraction of sp³-hybridized carbons (Fsp3) is 0.160. The average molecular weight is 448 g/mol. The van der Waals surface area contributed by atoms with Crippen LogP contribution in [0.15, 0.2) is 77.9 Å². The summed E-state index contributed by atoms with van der Waals surface area (Å²) in [5, 5.41) is 3.89. The van der Waals surface area contributed by atoms with Crippen molar-refractivity contribution in [3.8, 4) is 23.0 Å². The molecule has 0 radical (unpaired) electrons. The Bertz CT molecular complexity index is 1100. The van der Waals surface area contributed by atoms with Crippen LogP contribution in [0.3, 0.4) is 0 Å². The number of amides is 1. The third kappa shape index (κ3) is 7.70. The summed E-state index contributed by atoms with van der Waals surface area (Å²) in [6, 6.07) is 21.7. The number of carbonyl (C=O) groups excluding carboxylic acids is 2. The highest BCUT2D eigenvalue weighted by atomic mass is 16.5. The molecule has 1 N–H and O–H groups in total. The predicted molar refractivity (Wildman–Crippen MR) is 123 cm³/mol. The van der Waals surface area contributed by atoms with Crippen molar-refractivity contribution in [2.24, 2.45) is 5.10 Å². The molecular weight excluding hydrogens is 424 g/mol. The average Bonchev–Trinajstić information content (AvgIpc) is 2.83. The van der Waals surface area contributed by atoms with Crippen molar-refractivity contribution in [3.63, 3.8) is 0 Å². The molecule has 3 aromatic rings. The molecule has 0 fully saturated rings. The van der Waals surface area contributed by atoms with E-state index >= 15 is 0 Å². The Morgan fingerprint density at radius 2 is 1.58 bits per heavy atom. The second-order valence-corrected chi connectivity index (χ2v) is 6.82. The summed E-state index contributed by atoms with van der Waals surface area (Å²) in [5.41, 5.74) is 3.91. The number of rotatable bonds is 10. The molecule has 0 aromatic heterocycles. The lowest BCUT2D eigenvalue weighted by Crippen LogP contribution is -2.24. The van der Waals surface area contributed by atoms with Crippen molar-refractivity contribution < 1.29 is 28.5 Å². The Hall–Kier alpha value is -4.33. The number of ether oxygens (including phenoxy) is 4. The summed E-state index contributed by atoms with van der Waals surface area (Å²) in [6.45, 7) is 1.54. The lowest BCUT2D eigenvalue weighted by Gasteiger charge is -2.09. The van der Waals surface area contributed by atoms with E-state index < -0.39 is 11.9 Å². The maximum absolute atomic E-state index is 12.0. The van der Waals surface area contributed by atoms with Gasteiger partial charge in [0.15, 0.2) is 6.61 Å². The van der Waals surface area contributed by atoms with Crippen LogP contribution in [0.1, 0.15) is 18.1 Å². The number of hydrogen-bond donors (Lipinski definition) is 1. The maximum Gasteiger partial charge on any atom is 0.308 e. The molecule has 8 heteroatoms. The van der Waals surface area contributed by atoms with E-state index in [0.29, 0.717) is 35.2 Å². The zero-order chi connectivity index (χ0) is 23.5. The quantitative estimate of drug-likeness (QED) is 0.220. The Morgan fingerprint density at radius 3 is 2.24 bits per heavy atom. The highest BCUT2D eigenvalue weighted by Crippen LogP contribution is 2.23. The molecule has 8 nitrogen and oxygen atoms in total. The fourth-order valence-electron chi connectivity index (χ4n) is 2.73. The fourth-order valence-corrected chi connectivity index (χ4v) is 2.73. The Kier molecular flexibility index (Phi) is 8.41. The van der Waals surface area contributed by atoms with Gasteiger partial charge in [-0.2, -0.15) is 5.10 Å². The molecule has 0 spiro atoms. The first-order valence-electron chi connectivity index (χ1n) is 10.1. The number of nitrogens with zero attached hydrogens (tertiary/aromatic N) is 1. The van der Waals surface area contributed by atoms with Gasteiger partial charge in [-0.1, -0.05) is 30.3 Å². The zero-order valence-electron chi connectivity index (χ0n) is 18.3. The van der Waals surface area contributed by atoms with Crippen molar-refractivity contribution >= 4 is 18.1 Å². The zero-order valence-corrected chi connectivity index (χ0v) is 18.3. The van der Waals surface area contributed by atoms with Crippen LogP contribution in [0.4, 0.5) is 0 Å². The summed E-state index contributed by atoms with van der Waals surface area (Å²) < 4.78 is 21.5. The van der Waals surface area contributed by atoms with Crippen LogP contribution < -0.4 is 24.4 Å². The molecule has 3 aromatic carbocycles. The van der Waals surface area contributed by atoms with Crippen LogP contribution in [0.2, 0.25) is 0 Å². The normalized spacial score (nSPS) is 10.5. The van der Waals surface area contributed by atoms with Crippen molar-refractivity contribution in [1.29, 1.82) is 0 Å². The molecule has 170 valence electrons. The van der Waals surface area contributed by atoms with Gasteiger partial charge in [0.25, 0.3) is 5.91 Å². The van der Waals surface area contributed by atoms with E-state index in [0.717, 1.165) is 5.56 Å². The Morgan fingerprint density at radius 1 is 0.909 bits per heavy atom. The van der Waals surface area contributed by atoms with E-state index in [2.05, 4.69) is 10.5 Å². The van der Waals surface area contributed by atoms with Crippen molar-refractivity contribution in [2.75, 3.05) is 13.7 Å². The standard InChI is InChI=1S/C25H24N2O6/c1-18(28)33-24-13-12-23(30-2)14-20(24)15-26-27-25(29)17-32-22-10-8-21(9-11-22)31-16-19-6-4-3-5-7-19/h3-15H,16-17H2,1-2H3,(H,27,29)/b26-15+. The molecule has 33 heavy (non-hydrogen) atoms. The SMILES string of the molecule is COc1ccc(OC(C)=O)c(/C=N/NC(=O)COc2ccc(OCc3ccccc3)cc2)c1. The summed E-state index contributed by atoms with van der Waals surface area (Å²) in [4.78, 5) is 23.3. The van der Waals surface area contributed by atoms with Crippen LogP contribution in [0.25, 0.3) is 0 Å². The predicted octanol–water partition coefficient (Wildman–Crippen LogP) is 3.73. The van der Waals surface area contributed by atoms with Crippen LogP contribution in [0.5, 0.6) is 23.0 Å². The number of nitrogens with one attached hydrogen (secondary N) is 1. The van der Waals surface area contributed by atoms with Crippen LogP contribution >= 0.6 is 0 Å². The van der Waals surface area contributed by atoms with E-state index in [1.165, 1.54) is 20.2 Å². The van der Waals surface area contributed by atoms with Gasteiger partial charge in [-0.3, -0.25) is 9.59 Å². The molecule has 0 atom stereocenters. The van der Waals surface area contributed by atoms with E-state index in [1.54, 1.807) is 42.5 Å². The number of methoxy groups -OCH3 is 1. The maximum atomic E-state index is 12.0. The lowest BCUT2D eigenvalue weighted by molar-refractivity contribution is -0.132. The van der Waals surface area contributed by atoms with Crippen LogP contribution in [-0.2, 0) is 16.2 Å². The van der Waals surface area contributed by atoms with Gasteiger partial charge >= 0.3 is 5.97 Å². The summed E-state index contributed by atoms with van der Waals surface area (Å²) in [7, 11) is 1.52. The molecule has 0 saturated carbocycles. The van der Waals surface area contributed by atoms with Crippen molar-refractivity contribution in [2.45, 2.75) is 13.5 Å². The molecule has 0 aliphatic rings.